The molecule has 0 aliphatic heterocycles. The molecule has 0 bridgehead atoms. The smallest absolute Gasteiger partial charge is 0.264 e. The van der Waals surface area contributed by atoms with E-state index in [1.807, 2.05) is 49.4 Å². The van der Waals surface area contributed by atoms with Gasteiger partial charge in [-0.2, -0.15) is 8.42 Å². The van der Waals surface area contributed by atoms with Gasteiger partial charge in [0, 0.05) is 11.8 Å². The molecule has 0 saturated heterocycles. The van der Waals surface area contributed by atoms with Crippen molar-refractivity contribution < 1.29 is 17.8 Å². The Hall–Kier alpha value is -2.70. The molecular formula is C30H41NO4S. The molecule has 1 aromatic rings. The summed E-state index contributed by atoms with van der Waals surface area (Å²) in [4.78, 5) is 12.3. The van der Waals surface area contributed by atoms with Crippen LogP contribution in [0.2, 0.25) is 0 Å². The van der Waals surface area contributed by atoms with Crippen LogP contribution in [0.5, 0.6) is 0 Å². The highest BCUT2D eigenvalue weighted by Gasteiger charge is 2.26. The van der Waals surface area contributed by atoms with Gasteiger partial charge in [0.1, 0.15) is 0 Å². The number of nitrogens with one attached hydrogen (secondary N) is 1. The minimum absolute atomic E-state index is 0.194. The normalized spacial score (nSPS) is 17.3. The zero-order valence-corrected chi connectivity index (χ0v) is 23.1. The number of benzene rings is 1. The SMILES string of the molecule is CC(C=CC1=C(C)CCCC1(C)C)=CC=CC(C)=CC(=O)Nc1ccc(CCCCS(=O)(=O)O)cc1. The largest absolute Gasteiger partial charge is 0.323 e. The van der Waals surface area contributed by atoms with Crippen molar-refractivity contribution in [2.24, 2.45) is 5.41 Å². The first kappa shape index (κ1) is 29.5. The highest BCUT2D eigenvalue weighted by molar-refractivity contribution is 7.85. The summed E-state index contributed by atoms with van der Waals surface area (Å²) in [7, 11) is -3.90. The molecule has 1 aliphatic carbocycles. The molecule has 1 aromatic carbocycles. The summed E-state index contributed by atoms with van der Waals surface area (Å²) in [5.74, 6) is -0.412. The predicted octanol–water partition coefficient (Wildman–Crippen LogP) is 7.37. The van der Waals surface area contributed by atoms with Crippen LogP contribution in [-0.4, -0.2) is 24.6 Å². The number of hydrogen-bond donors (Lipinski definition) is 2. The first-order valence-electron chi connectivity index (χ1n) is 12.6. The van der Waals surface area contributed by atoms with Crippen LogP contribution in [0.1, 0.15) is 72.3 Å². The molecule has 196 valence electrons. The molecule has 0 unspecified atom stereocenters. The summed E-state index contributed by atoms with van der Waals surface area (Å²) in [5, 5.41) is 2.86. The van der Waals surface area contributed by atoms with Gasteiger partial charge in [-0.15, -0.1) is 0 Å². The molecule has 1 amide bonds. The maximum Gasteiger partial charge on any atom is 0.264 e. The fourth-order valence-electron chi connectivity index (χ4n) is 4.43. The Morgan fingerprint density at radius 1 is 1.08 bits per heavy atom. The highest BCUT2D eigenvalue weighted by Crippen LogP contribution is 2.40. The Morgan fingerprint density at radius 2 is 1.78 bits per heavy atom. The van der Waals surface area contributed by atoms with Crippen LogP contribution in [0.25, 0.3) is 0 Å². The highest BCUT2D eigenvalue weighted by atomic mass is 32.2. The molecule has 0 spiro atoms. The van der Waals surface area contributed by atoms with Crippen LogP contribution >= 0.6 is 0 Å². The van der Waals surface area contributed by atoms with Crippen molar-refractivity contribution in [3.63, 3.8) is 0 Å². The average Bonchev–Trinajstić information content (AvgIpc) is 2.76. The average molecular weight is 512 g/mol. The topological polar surface area (TPSA) is 83.5 Å². The number of carbonyl (C=O) groups excluding carboxylic acids is 1. The van der Waals surface area contributed by atoms with Gasteiger partial charge >= 0.3 is 0 Å². The fourth-order valence-corrected chi connectivity index (χ4v) is 5.00. The van der Waals surface area contributed by atoms with Crippen molar-refractivity contribution in [3.05, 3.63) is 88.6 Å². The number of carbonyl (C=O) groups is 1. The van der Waals surface area contributed by atoms with Gasteiger partial charge in [-0.25, -0.2) is 0 Å². The Kier molecular flexibility index (Phi) is 11.1. The van der Waals surface area contributed by atoms with Crippen molar-refractivity contribution in [1.82, 2.24) is 0 Å². The Bertz CT molecular complexity index is 1160. The van der Waals surface area contributed by atoms with Crippen molar-refractivity contribution in [2.75, 3.05) is 11.1 Å². The molecule has 0 saturated carbocycles. The number of aryl methyl sites for hydroxylation is 1. The molecule has 2 N–H and O–H groups in total. The lowest BCUT2D eigenvalue weighted by atomic mass is 9.72. The van der Waals surface area contributed by atoms with Gasteiger partial charge in [-0.05, 0) is 93.6 Å². The lowest BCUT2D eigenvalue weighted by Crippen LogP contribution is -2.19. The minimum Gasteiger partial charge on any atom is -0.323 e. The van der Waals surface area contributed by atoms with Crippen molar-refractivity contribution in [3.8, 4) is 0 Å². The van der Waals surface area contributed by atoms with Crippen LogP contribution < -0.4 is 5.32 Å². The number of rotatable bonds is 11. The Balaban J connectivity index is 1.86. The van der Waals surface area contributed by atoms with E-state index in [2.05, 4.69) is 45.2 Å². The summed E-state index contributed by atoms with van der Waals surface area (Å²) in [5.41, 5.74) is 6.92. The fraction of sp³-hybridized carbons (Fsp3) is 0.433. The molecule has 1 aliphatic rings. The number of unbranched alkanes of at least 4 members (excludes halogenated alkanes) is 1. The molecule has 0 radical (unpaired) electrons. The van der Waals surface area contributed by atoms with Crippen LogP contribution in [0.3, 0.4) is 0 Å². The van der Waals surface area contributed by atoms with Gasteiger partial charge in [0.15, 0.2) is 0 Å². The third kappa shape index (κ3) is 10.9. The minimum atomic E-state index is -3.90. The van der Waals surface area contributed by atoms with Crippen LogP contribution in [0.4, 0.5) is 5.69 Å². The molecule has 0 aromatic heterocycles. The van der Waals surface area contributed by atoms with Gasteiger partial charge in [-0.3, -0.25) is 9.35 Å². The number of hydrogen-bond acceptors (Lipinski definition) is 3. The third-order valence-electron chi connectivity index (χ3n) is 6.47. The maximum atomic E-state index is 12.3. The standard InChI is InChI=1S/C30H41NO4S/c1-23(14-19-28-25(3)12-9-20-30(28,4)5)10-8-11-24(2)22-29(32)31-27-17-15-26(16-18-27)13-6-7-21-36(33,34)35/h8,10-11,14-19,22H,6-7,9,12-13,20-21H2,1-5H3,(H,31,32)(H,33,34,35). The molecule has 0 fully saturated rings. The van der Waals surface area contributed by atoms with Crippen molar-refractivity contribution >= 4 is 21.7 Å². The van der Waals surface area contributed by atoms with Crippen LogP contribution in [-0.2, 0) is 21.3 Å². The maximum absolute atomic E-state index is 12.3. The summed E-state index contributed by atoms with van der Waals surface area (Å²) < 4.78 is 30.3. The summed E-state index contributed by atoms with van der Waals surface area (Å²) in [6.45, 7) is 10.8. The Labute approximate surface area is 217 Å². The van der Waals surface area contributed by atoms with E-state index < -0.39 is 10.1 Å². The lowest BCUT2D eigenvalue weighted by Gasteiger charge is -2.32. The van der Waals surface area contributed by atoms with E-state index in [1.54, 1.807) is 6.08 Å². The monoisotopic (exact) mass is 511 g/mol. The lowest BCUT2D eigenvalue weighted by molar-refractivity contribution is -0.111. The second-order valence-corrected chi connectivity index (χ2v) is 11.9. The van der Waals surface area contributed by atoms with E-state index in [0.29, 0.717) is 24.9 Å². The molecule has 0 heterocycles. The summed E-state index contributed by atoms with van der Waals surface area (Å²) >= 11 is 0. The predicted molar refractivity (Wildman–Crippen MR) is 151 cm³/mol. The van der Waals surface area contributed by atoms with Gasteiger partial charge in [0.2, 0.25) is 5.91 Å². The Morgan fingerprint density at radius 3 is 2.42 bits per heavy atom. The van der Waals surface area contributed by atoms with Crippen LogP contribution in [0, 0.1) is 5.41 Å². The van der Waals surface area contributed by atoms with E-state index in [9.17, 15) is 13.2 Å². The molecule has 2 rings (SSSR count). The molecule has 5 nitrogen and oxygen atoms in total. The number of anilines is 1. The zero-order valence-electron chi connectivity index (χ0n) is 22.3. The van der Waals surface area contributed by atoms with Crippen LogP contribution in [0.15, 0.2) is 83.0 Å². The first-order valence-corrected chi connectivity index (χ1v) is 14.2. The van der Waals surface area contributed by atoms with Crippen molar-refractivity contribution in [2.45, 2.75) is 73.1 Å². The van der Waals surface area contributed by atoms with Crippen molar-refractivity contribution in [1.29, 1.82) is 0 Å². The third-order valence-corrected chi connectivity index (χ3v) is 7.28. The van der Waals surface area contributed by atoms with Gasteiger partial charge in [0.25, 0.3) is 10.1 Å². The molecular weight excluding hydrogens is 470 g/mol. The van der Waals surface area contributed by atoms with Gasteiger partial charge < -0.3 is 5.32 Å². The summed E-state index contributed by atoms with van der Waals surface area (Å²) in [6.07, 6.45) is 17.4. The second-order valence-electron chi connectivity index (χ2n) is 10.4. The molecule has 36 heavy (non-hydrogen) atoms. The van der Waals surface area contributed by atoms with Gasteiger partial charge in [-0.1, -0.05) is 67.5 Å². The van der Waals surface area contributed by atoms with E-state index in [4.69, 9.17) is 4.55 Å². The number of amides is 1. The zero-order chi connectivity index (χ0) is 26.8. The number of allylic oxidation sites excluding steroid dienone is 9. The van der Waals surface area contributed by atoms with E-state index in [1.165, 1.54) is 30.4 Å². The van der Waals surface area contributed by atoms with E-state index >= 15 is 0 Å². The first-order chi connectivity index (χ1) is 16.9. The van der Waals surface area contributed by atoms with E-state index in [-0.39, 0.29) is 17.1 Å². The quantitative estimate of drug-likeness (QED) is 0.141. The summed E-state index contributed by atoms with van der Waals surface area (Å²) in [6, 6.07) is 7.48. The second kappa shape index (κ2) is 13.6. The molecule has 6 heteroatoms. The van der Waals surface area contributed by atoms with E-state index in [0.717, 1.165) is 16.7 Å². The van der Waals surface area contributed by atoms with Gasteiger partial charge in [0.05, 0.1) is 5.75 Å². The molecule has 0 atom stereocenters.